The van der Waals surface area contributed by atoms with Crippen molar-refractivity contribution in [1.82, 2.24) is 19.9 Å². The second kappa shape index (κ2) is 5.34. The quantitative estimate of drug-likeness (QED) is 0.744. The van der Waals surface area contributed by atoms with Gasteiger partial charge in [0.05, 0.1) is 6.04 Å². The van der Waals surface area contributed by atoms with E-state index in [0.29, 0.717) is 6.04 Å². The summed E-state index contributed by atoms with van der Waals surface area (Å²) in [6.45, 7) is 6.38. The highest BCUT2D eigenvalue weighted by molar-refractivity contribution is 5.01. The summed E-state index contributed by atoms with van der Waals surface area (Å²) in [5.74, 6) is 1.62. The topological polar surface area (TPSA) is 71.4 Å². The van der Waals surface area contributed by atoms with Gasteiger partial charge in [-0.2, -0.15) is 4.98 Å². The molecule has 0 saturated carbocycles. The van der Waals surface area contributed by atoms with Crippen molar-refractivity contribution in [2.24, 2.45) is 5.73 Å². The molecule has 0 amide bonds. The van der Waals surface area contributed by atoms with Gasteiger partial charge in [0.25, 0.3) is 0 Å². The van der Waals surface area contributed by atoms with Crippen LogP contribution in [0.4, 0.5) is 0 Å². The SMILES string of the molecule is NCCCCc1nc(C2CN3CCN2CC3)no1. The Bertz CT molecular complexity index is 386. The molecule has 3 aliphatic rings. The number of hydrogen-bond donors (Lipinski definition) is 1. The lowest BCUT2D eigenvalue weighted by molar-refractivity contribution is 0.00781. The predicted octanol–water partition coefficient (Wildman–Crippen LogP) is 0.0233. The Labute approximate surface area is 107 Å². The summed E-state index contributed by atoms with van der Waals surface area (Å²) in [6.07, 6.45) is 2.89. The molecule has 0 radical (unpaired) electrons. The molecule has 1 atom stereocenters. The van der Waals surface area contributed by atoms with Crippen molar-refractivity contribution in [2.75, 3.05) is 39.3 Å². The highest BCUT2D eigenvalue weighted by Crippen LogP contribution is 2.26. The molecule has 3 fully saturated rings. The molecular weight excluding hydrogens is 230 g/mol. The van der Waals surface area contributed by atoms with Gasteiger partial charge in [-0.05, 0) is 19.4 Å². The molecule has 2 N–H and O–H groups in total. The first kappa shape index (κ1) is 12.1. The summed E-state index contributed by atoms with van der Waals surface area (Å²) in [4.78, 5) is 9.49. The summed E-state index contributed by atoms with van der Waals surface area (Å²) >= 11 is 0. The number of nitrogens with zero attached hydrogens (tertiary/aromatic N) is 4. The Morgan fingerprint density at radius 1 is 1.22 bits per heavy atom. The molecule has 0 spiro atoms. The van der Waals surface area contributed by atoms with Crippen LogP contribution in [0.15, 0.2) is 4.52 Å². The standard InChI is InChI=1S/C12H21N5O/c13-4-2-1-3-11-14-12(15-18-11)10-9-16-5-7-17(10)8-6-16/h10H,1-9,13H2. The first-order valence-electron chi connectivity index (χ1n) is 6.86. The van der Waals surface area contributed by atoms with Crippen LogP contribution in [-0.4, -0.2) is 59.2 Å². The first-order chi connectivity index (χ1) is 8.86. The van der Waals surface area contributed by atoms with E-state index in [2.05, 4.69) is 19.9 Å². The zero-order chi connectivity index (χ0) is 12.4. The lowest BCUT2D eigenvalue weighted by atomic mass is 10.1. The number of aromatic nitrogens is 2. The van der Waals surface area contributed by atoms with Crippen LogP contribution in [0.1, 0.15) is 30.6 Å². The van der Waals surface area contributed by atoms with Gasteiger partial charge < -0.3 is 10.3 Å². The van der Waals surface area contributed by atoms with Gasteiger partial charge in [-0.1, -0.05) is 5.16 Å². The minimum absolute atomic E-state index is 0.333. The maximum atomic E-state index is 5.48. The Kier molecular flexibility index (Phi) is 3.58. The molecule has 3 aliphatic heterocycles. The molecule has 18 heavy (non-hydrogen) atoms. The Morgan fingerprint density at radius 3 is 2.72 bits per heavy atom. The molecular formula is C12H21N5O. The minimum Gasteiger partial charge on any atom is -0.339 e. The summed E-state index contributed by atoms with van der Waals surface area (Å²) in [5, 5.41) is 4.15. The zero-order valence-corrected chi connectivity index (χ0v) is 10.7. The summed E-state index contributed by atoms with van der Waals surface area (Å²) < 4.78 is 5.32. The number of nitrogens with two attached hydrogens (primary N) is 1. The van der Waals surface area contributed by atoms with Crippen molar-refractivity contribution in [3.05, 3.63) is 11.7 Å². The average Bonchev–Trinajstić information content (AvgIpc) is 2.89. The van der Waals surface area contributed by atoms with Crippen LogP contribution in [0.5, 0.6) is 0 Å². The molecule has 1 aromatic rings. The second-order valence-electron chi connectivity index (χ2n) is 5.14. The van der Waals surface area contributed by atoms with Crippen LogP contribution in [-0.2, 0) is 6.42 Å². The minimum atomic E-state index is 0.333. The van der Waals surface area contributed by atoms with E-state index in [1.165, 1.54) is 13.1 Å². The third kappa shape index (κ3) is 2.41. The van der Waals surface area contributed by atoms with Crippen molar-refractivity contribution < 1.29 is 4.52 Å². The van der Waals surface area contributed by atoms with E-state index in [1.54, 1.807) is 0 Å². The second-order valence-corrected chi connectivity index (χ2v) is 5.14. The van der Waals surface area contributed by atoms with Crippen molar-refractivity contribution in [3.8, 4) is 0 Å². The van der Waals surface area contributed by atoms with Crippen molar-refractivity contribution in [3.63, 3.8) is 0 Å². The fraction of sp³-hybridized carbons (Fsp3) is 0.833. The van der Waals surface area contributed by atoms with Crippen LogP contribution in [0.2, 0.25) is 0 Å². The molecule has 100 valence electrons. The van der Waals surface area contributed by atoms with Crippen LogP contribution < -0.4 is 5.73 Å². The fourth-order valence-electron chi connectivity index (χ4n) is 2.79. The highest BCUT2D eigenvalue weighted by Gasteiger charge is 2.35. The van der Waals surface area contributed by atoms with Gasteiger partial charge in [0.1, 0.15) is 0 Å². The molecule has 1 aromatic heterocycles. The number of piperazine rings is 3. The maximum absolute atomic E-state index is 5.48. The van der Waals surface area contributed by atoms with Gasteiger partial charge in [0.2, 0.25) is 5.89 Å². The molecule has 3 saturated heterocycles. The van der Waals surface area contributed by atoms with E-state index in [9.17, 15) is 0 Å². The van der Waals surface area contributed by atoms with E-state index < -0.39 is 0 Å². The van der Waals surface area contributed by atoms with E-state index in [-0.39, 0.29) is 0 Å². The van der Waals surface area contributed by atoms with Gasteiger partial charge >= 0.3 is 0 Å². The van der Waals surface area contributed by atoms with Crippen LogP contribution in [0.25, 0.3) is 0 Å². The largest absolute Gasteiger partial charge is 0.339 e. The third-order valence-electron chi connectivity index (χ3n) is 3.91. The zero-order valence-electron chi connectivity index (χ0n) is 10.7. The lowest BCUT2D eigenvalue weighted by Gasteiger charge is -2.46. The van der Waals surface area contributed by atoms with Gasteiger partial charge in [0.15, 0.2) is 5.82 Å². The third-order valence-corrected chi connectivity index (χ3v) is 3.91. The Hall–Kier alpha value is -0.980. The molecule has 0 aromatic carbocycles. The van der Waals surface area contributed by atoms with Gasteiger partial charge in [-0.15, -0.1) is 0 Å². The molecule has 6 nitrogen and oxygen atoms in total. The van der Waals surface area contributed by atoms with Crippen LogP contribution in [0.3, 0.4) is 0 Å². The molecule has 2 bridgehead atoms. The van der Waals surface area contributed by atoms with Gasteiger partial charge in [0, 0.05) is 39.1 Å². The fourth-order valence-corrected chi connectivity index (χ4v) is 2.79. The number of hydrogen-bond acceptors (Lipinski definition) is 6. The summed E-state index contributed by atoms with van der Waals surface area (Å²) in [5.41, 5.74) is 5.48. The average molecular weight is 251 g/mol. The van der Waals surface area contributed by atoms with Gasteiger partial charge in [-0.25, -0.2) is 0 Å². The van der Waals surface area contributed by atoms with E-state index in [4.69, 9.17) is 10.3 Å². The maximum Gasteiger partial charge on any atom is 0.226 e. The van der Waals surface area contributed by atoms with Gasteiger partial charge in [-0.3, -0.25) is 9.80 Å². The predicted molar refractivity (Wildman–Crippen MR) is 67.0 cm³/mol. The monoisotopic (exact) mass is 251 g/mol. The molecule has 0 aliphatic carbocycles. The Balaban J connectivity index is 1.62. The number of unbranched alkanes of at least 4 members (excludes halogenated alkanes) is 1. The first-order valence-corrected chi connectivity index (χ1v) is 6.86. The molecule has 4 heterocycles. The number of fused-ring (bicyclic) bond motifs is 3. The normalized spacial score (nSPS) is 30.8. The van der Waals surface area contributed by atoms with Crippen LogP contribution >= 0.6 is 0 Å². The van der Waals surface area contributed by atoms with E-state index in [1.807, 2.05) is 0 Å². The van der Waals surface area contributed by atoms with Crippen molar-refractivity contribution >= 4 is 0 Å². The van der Waals surface area contributed by atoms with Crippen molar-refractivity contribution in [2.45, 2.75) is 25.3 Å². The number of rotatable bonds is 5. The van der Waals surface area contributed by atoms with Crippen LogP contribution in [0, 0.1) is 0 Å². The number of aryl methyl sites for hydroxylation is 1. The summed E-state index contributed by atoms with van der Waals surface area (Å²) in [6, 6.07) is 0.333. The van der Waals surface area contributed by atoms with E-state index >= 15 is 0 Å². The van der Waals surface area contributed by atoms with Crippen molar-refractivity contribution in [1.29, 1.82) is 0 Å². The Morgan fingerprint density at radius 2 is 2.06 bits per heavy atom. The highest BCUT2D eigenvalue weighted by atomic mass is 16.5. The smallest absolute Gasteiger partial charge is 0.226 e. The molecule has 6 heteroatoms. The summed E-state index contributed by atoms with van der Waals surface area (Å²) in [7, 11) is 0. The molecule has 1 unspecified atom stereocenters. The van der Waals surface area contributed by atoms with E-state index in [0.717, 1.165) is 57.2 Å². The molecule has 4 rings (SSSR count). The lowest BCUT2D eigenvalue weighted by Crippen LogP contribution is -2.57.